The average molecular weight is 808 g/mol. The van der Waals surface area contributed by atoms with Crippen molar-refractivity contribution in [1.82, 2.24) is 14.5 Å². The first-order valence-electron chi connectivity index (χ1n) is 16.7. The summed E-state index contributed by atoms with van der Waals surface area (Å²) in [6.45, 7) is 8.66. The van der Waals surface area contributed by atoms with Crippen molar-refractivity contribution < 1.29 is 26.2 Å². The number of fused-ring (bicyclic) bond motifs is 2. The number of hydrogen-bond acceptors (Lipinski definition) is 3. The molecule has 1 aliphatic carbocycles. The van der Waals surface area contributed by atoms with Crippen molar-refractivity contribution in [2.45, 2.75) is 59.3 Å². The number of aromatic hydroxyl groups is 1. The van der Waals surface area contributed by atoms with Crippen molar-refractivity contribution in [3.05, 3.63) is 131 Å². The minimum Gasteiger partial charge on any atom is -0.507 e. The van der Waals surface area contributed by atoms with Gasteiger partial charge in [-0.2, -0.15) is 0 Å². The average Bonchev–Trinajstić information content (AvgIpc) is 3.73. The van der Waals surface area contributed by atoms with Crippen LogP contribution in [0.1, 0.15) is 59.4 Å². The fraction of sp³-hybridized carbons (Fsp3) is 0.209. The van der Waals surface area contributed by atoms with Crippen LogP contribution in [0.4, 0.5) is 0 Å². The normalized spacial score (nSPS) is 13.3. The van der Waals surface area contributed by atoms with E-state index in [4.69, 9.17) is 9.97 Å². The Morgan fingerprint density at radius 1 is 0.750 bits per heavy atom. The molecular weight excluding hydrogens is 770 g/mol. The monoisotopic (exact) mass is 807 g/mol. The summed E-state index contributed by atoms with van der Waals surface area (Å²) in [5.41, 5.74) is 15.1. The Bertz CT molecular complexity index is 2300. The van der Waals surface area contributed by atoms with Crippen LogP contribution in [0.5, 0.6) is 5.75 Å². The number of nitrogens with zero attached hydrogens (tertiary/aromatic N) is 3. The van der Waals surface area contributed by atoms with Crippen LogP contribution in [0.25, 0.3) is 61.3 Å². The zero-order chi connectivity index (χ0) is 32.2. The fourth-order valence-electron chi connectivity index (χ4n) is 7.92. The van der Waals surface area contributed by atoms with Crippen LogP contribution in [-0.4, -0.2) is 19.6 Å². The molecule has 48 heavy (non-hydrogen) atoms. The minimum atomic E-state index is 0. The molecule has 1 N–H and O–H groups in total. The third kappa shape index (κ3) is 5.37. The van der Waals surface area contributed by atoms with E-state index in [1.807, 2.05) is 30.5 Å². The number of para-hydroxylation sites is 2. The maximum atomic E-state index is 11.2. The molecule has 0 spiro atoms. The van der Waals surface area contributed by atoms with E-state index in [0.29, 0.717) is 11.5 Å². The molecule has 5 aromatic carbocycles. The maximum absolute atomic E-state index is 11.2. The van der Waals surface area contributed by atoms with Crippen LogP contribution in [0.2, 0.25) is 0 Å². The zero-order valence-electron chi connectivity index (χ0n) is 27.7. The van der Waals surface area contributed by atoms with Gasteiger partial charge < -0.3 is 5.11 Å². The summed E-state index contributed by atoms with van der Waals surface area (Å²) in [4.78, 5) is 10.2. The third-order valence-corrected chi connectivity index (χ3v) is 9.99. The number of imidazole rings is 1. The molecule has 7 aromatic rings. The van der Waals surface area contributed by atoms with Crippen molar-refractivity contribution >= 4 is 21.9 Å². The van der Waals surface area contributed by atoms with Gasteiger partial charge in [0.05, 0.1) is 22.3 Å². The van der Waals surface area contributed by atoms with E-state index in [9.17, 15) is 5.11 Å². The number of rotatable bonds is 5. The molecule has 0 bridgehead atoms. The Labute approximate surface area is 296 Å². The molecule has 2 aromatic heterocycles. The Balaban J connectivity index is 0.00000364. The van der Waals surface area contributed by atoms with Gasteiger partial charge in [-0.05, 0) is 74.4 Å². The minimum absolute atomic E-state index is 0. The molecule has 4 nitrogen and oxygen atoms in total. The van der Waals surface area contributed by atoms with Crippen LogP contribution < -0.4 is 0 Å². The first kappa shape index (κ1) is 32.0. The van der Waals surface area contributed by atoms with Crippen molar-refractivity contribution in [1.29, 1.82) is 0 Å². The smallest absolute Gasteiger partial charge is 0.148 e. The zero-order valence-corrected chi connectivity index (χ0v) is 30.0. The summed E-state index contributed by atoms with van der Waals surface area (Å²) in [5.74, 6) is 1.43. The van der Waals surface area contributed by atoms with Crippen LogP contribution in [0, 0.1) is 33.8 Å². The van der Waals surface area contributed by atoms with E-state index >= 15 is 0 Å². The molecule has 242 valence electrons. The predicted molar refractivity (Wildman–Crippen MR) is 193 cm³/mol. The van der Waals surface area contributed by atoms with E-state index in [1.54, 1.807) is 6.07 Å². The van der Waals surface area contributed by atoms with Crippen LogP contribution in [0.15, 0.2) is 97.2 Å². The Morgan fingerprint density at radius 2 is 1.48 bits per heavy atom. The number of aromatic nitrogens is 3. The molecule has 0 saturated heterocycles. The van der Waals surface area contributed by atoms with Gasteiger partial charge >= 0.3 is 0 Å². The number of phenols is 1. The SMILES string of the molecule is Cc1cc(C)c(-n2c(-c3ccccc3O)nc3c(-c4[c-]c(-c5cccc6cccnc56)ccc4C4CCCC4)c(C)ccc32)c(C)c1.[Pt]. The summed E-state index contributed by atoms with van der Waals surface area (Å²) >= 11 is 0. The van der Waals surface area contributed by atoms with E-state index in [-0.39, 0.29) is 26.8 Å². The van der Waals surface area contributed by atoms with Gasteiger partial charge in [0.15, 0.2) is 0 Å². The molecule has 1 fully saturated rings. The van der Waals surface area contributed by atoms with Crippen molar-refractivity contribution in [3.8, 4) is 45.1 Å². The second kappa shape index (κ2) is 12.8. The fourth-order valence-corrected chi connectivity index (χ4v) is 7.92. The molecule has 0 atom stereocenters. The summed E-state index contributed by atoms with van der Waals surface area (Å²) < 4.78 is 2.26. The number of phenolic OH excluding ortho intramolecular Hbond substituents is 1. The van der Waals surface area contributed by atoms with Gasteiger partial charge in [0.1, 0.15) is 11.6 Å². The van der Waals surface area contributed by atoms with E-state index in [2.05, 4.69) is 99.0 Å². The number of hydrogen-bond donors (Lipinski definition) is 1. The molecule has 2 heterocycles. The van der Waals surface area contributed by atoms with E-state index in [1.165, 1.54) is 47.9 Å². The summed E-state index contributed by atoms with van der Waals surface area (Å²) in [7, 11) is 0. The van der Waals surface area contributed by atoms with Gasteiger partial charge in [0.2, 0.25) is 0 Å². The van der Waals surface area contributed by atoms with Crippen LogP contribution in [-0.2, 0) is 21.1 Å². The summed E-state index contributed by atoms with van der Waals surface area (Å²) in [5, 5.41) is 12.3. The van der Waals surface area contributed by atoms with Crippen molar-refractivity contribution in [3.63, 3.8) is 0 Å². The summed E-state index contributed by atoms with van der Waals surface area (Å²) in [6.07, 6.45) is 6.74. The summed E-state index contributed by atoms with van der Waals surface area (Å²) in [6, 6.07) is 35.4. The maximum Gasteiger partial charge on any atom is 0.148 e. The Morgan fingerprint density at radius 3 is 2.25 bits per heavy atom. The number of aryl methyl sites for hydroxylation is 4. The molecule has 1 aliphatic rings. The van der Waals surface area contributed by atoms with Crippen molar-refractivity contribution in [2.24, 2.45) is 0 Å². The number of benzene rings is 5. The van der Waals surface area contributed by atoms with E-state index in [0.717, 1.165) is 61.3 Å². The predicted octanol–water partition coefficient (Wildman–Crippen LogP) is 11.0. The Hall–Kier alpha value is -4.53. The third-order valence-electron chi connectivity index (χ3n) is 9.99. The molecule has 1 saturated carbocycles. The largest absolute Gasteiger partial charge is 0.507 e. The Kier molecular flexibility index (Phi) is 8.56. The molecule has 8 rings (SSSR count). The standard InChI is InChI=1S/C43H38N3O.Pt/c1-26-23-28(3)42(29(4)24-26)46-37-21-18-27(2)39(41(37)45-43(46)35-15-7-8-17-38(35)47)36-25-32(19-20-33(36)30-11-5-6-12-30)34-16-9-13-31-14-10-22-44-40(31)34;/h7-10,13-24,30,47H,5-6,11-12H2,1-4H3;/q-1;. The molecule has 0 radical (unpaired) electrons. The first-order chi connectivity index (χ1) is 22.9. The quantitative estimate of drug-likeness (QED) is 0.176. The molecule has 0 aliphatic heterocycles. The van der Waals surface area contributed by atoms with Gasteiger partial charge in [-0.15, -0.1) is 34.9 Å². The molecule has 5 heteroatoms. The van der Waals surface area contributed by atoms with Gasteiger partial charge in [-0.1, -0.05) is 103 Å². The molecular formula is C43H38N3OPt-. The second-order valence-electron chi connectivity index (χ2n) is 13.2. The van der Waals surface area contributed by atoms with Gasteiger partial charge in [0, 0.05) is 32.8 Å². The van der Waals surface area contributed by atoms with Gasteiger partial charge in [-0.25, -0.2) is 4.98 Å². The van der Waals surface area contributed by atoms with Crippen LogP contribution in [0.3, 0.4) is 0 Å². The van der Waals surface area contributed by atoms with Gasteiger partial charge in [-0.3, -0.25) is 9.55 Å². The molecule has 0 unspecified atom stereocenters. The first-order valence-corrected chi connectivity index (χ1v) is 16.7. The second-order valence-corrected chi connectivity index (χ2v) is 13.2. The van der Waals surface area contributed by atoms with Crippen LogP contribution >= 0.6 is 0 Å². The van der Waals surface area contributed by atoms with E-state index < -0.39 is 0 Å². The van der Waals surface area contributed by atoms with Crippen molar-refractivity contribution in [2.75, 3.05) is 0 Å². The van der Waals surface area contributed by atoms with Gasteiger partial charge in [0.25, 0.3) is 0 Å². The molecule has 0 amide bonds. The topological polar surface area (TPSA) is 50.9 Å². The number of pyridine rings is 1.